The molecule has 7 heteroatoms. The highest BCUT2D eigenvalue weighted by molar-refractivity contribution is 7.22. The molecule has 0 aliphatic carbocycles. The summed E-state index contributed by atoms with van der Waals surface area (Å²) in [5.74, 6) is 0.0662. The normalized spacial score (nSPS) is 10.8. The third-order valence-electron chi connectivity index (χ3n) is 6.38. The predicted octanol–water partition coefficient (Wildman–Crippen LogP) is 6.86. The summed E-state index contributed by atoms with van der Waals surface area (Å²) in [6, 6.07) is 22.8. The Kier molecular flexibility index (Phi) is 8.18. The minimum absolute atomic E-state index is 0. The van der Waals surface area contributed by atoms with Crippen LogP contribution in [0.1, 0.15) is 23.1 Å². The van der Waals surface area contributed by atoms with Crippen LogP contribution in [-0.4, -0.2) is 27.0 Å². The van der Waals surface area contributed by atoms with E-state index in [2.05, 4.69) is 67.4 Å². The summed E-state index contributed by atoms with van der Waals surface area (Å²) < 4.78 is 3.15. The number of carbonyl (C=O) groups is 1. The lowest BCUT2D eigenvalue weighted by molar-refractivity contribution is -0.118. The van der Waals surface area contributed by atoms with E-state index < -0.39 is 0 Å². The molecule has 5 rings (SSSR count). The molecule has 0 aliphatic heterocycles. The highest BCUT2D eigenvalue weighted by Gasteiger charge is 2.21. The minimum atomic E-state index is 0. The number of thiazole rings is 1. The molecule has 5 aromatic rings. The van der Waals surface area contributed by atoms with E-state index in [0.29, 0.717) is 13.0 Å². The second-order valence-corrected chi connectivity index (χ2v) is 9.80. The zero-order chi connectivity index (χ0) is 24.2. The Hall–Kier alpha value is -3.48. The van der Waals surface area contributed by atoms with Gasteiger partial charge in [-0.15, -0.1) is 12.4 Å². The molecule has 0 saturated heterocycles. The molecule has 1 amide bonds. The standard InChI is InChI=1S/C29H28N4OS.ClH/c1-21-9-14-26-28(22(21)2)31-29(35-26)33(17-6-16-32-18-15-30-20-32)27(34)19-23-10-12-25(13-11-23)24-7-4-3-5-8-24;/h3-5,7-15,18,20H,6,16-17,19H2,1-2H3;1H. The number of aryl methyl sites for hydroxylation is 3. The van der Waals surface area contributed by atoms with Gasteiger partial charge in [0.1, 0.15) is 0 Å². The Morgan fingerprint density at radius 3 is 2.44 bits per heavy atom. The van der Waals surface area contributed by atoms with E-state index in [9.17, 15) is 4.79 Å². The summed E-state index contributed by atoms with van der Waals surface area (Å²) in [5, 5.41) is 0.769. The van der Waals surface area contributed by atoms with E-state index in [0.717, 1.165) is 39.4 Å². The number of benzene rings is 3. The molecule has 0 spiro atoms. The molecule has 0 atom stereocenters. The van der Waals surface area contributed by atoms with Crippen LogP contribution in [0.5, 0.6) is 0 Å². The smallest absolute Gasteiger partial charge is 0.233 e. The van der Waals surface area contributed by atoms with Crippen LogP contribution in [0.15, 0.2) is 85.5 Å². The quantitative estimate of drug-likeness (QED) is 0.226. The molecule has 2 aromatic heterocycles. The van der Waals surface area contributed by atoms with Crippen molar-refractivity contribution in [3.05, 3.63) is 102 Å². The number of rotatable bonds is 8. The Morgan fingerprint density at radius 2 is 1.72 bits per heavy atom. The number of imidazole rings is 1. The number of halogens is 1. The number of hydrogen-bond acceptors (Lipinski definition) is 4. The molecular weight excluding hydrogens is 488 g/mol. The average molecular weight is 517 g/mol. The molecule has 0 bridgehead atoms. The zero-order valence-corrected chi connectivity index (χ0v) is 22.1. The predicted molar refractivity (Wildman–Crippen MR) is 151 cm³/mol. The first-order chi connectivity index (χ1) is 17.1. The van der Waals surface area contributed by atoms with Crippen LogP contribution in [0.2, 0.25) is 0 Å². The van der Waals surface area contributed by atoms with Gasteiger partial charge < -0.3 is 4.57 Å². The number of aromatic nitrogens is 3. The fourth-order valence-corrected chi connectivity index (χ4v) is 5.27. The van der Waals surface area contributed by atoms with Gasteiger partial charge in [0, 0.05) is 25.5 Å². The molecule has 0 unspecified atom stereocenters. The molecule has 0 fully saturated rings. The summed E-state index contributed by atoms with van der Waals surface area (Å²) >= 11 is 1.59. The lowest BCUT2D eigenvalue weighted by Gasteiger charge is -2.20. The van der Waals surface area contributed by atoms with Gasteiger partial charge in [0.15, 0.2) is 5.13 Å². The van der Waals surface area contributed by atoms with Crippen LogP contribution < -0.4 is 4.90 Å². The van der Waals surface area contributed by atoms with Crippen molar-refractivity contribution in [2.75, 3.05) is 11.4 Å². The van der Waals surface area contributed by atoms with Crippen molar-refractivity contribution in [1.82, 2.24) is 14.5 Å². The van der Waals surface area contributed by atoms with Crippen molar-refractivity contribution >= 4 is 45.0 Å². The Labute approximate surface area is 221 Å². The molecule has 0 aliphatic rings. The lowest BCUT2D eigenvalue weighted by atomic mass is 10.0. The van der Waals surface area contributed by atoms with Crippen molar-refractivity contribution < 1.29 is 4.79 Å². The van der Waals surface area contributed by atoms with Gasteiger partial charge in [-0.3, -0.25) is 9.69 Å². The number of nitrogens with zero attached hydrogens (tertiary/aromatic N) is 4. The molecule has 0 N–H and O–H groups in total. The number of fused-ring (bicyclic) bond motifs is 1. The monoisotopic (exact) mass is 516 g/mol. The fraction of sp³-hybridized carbons (Fsp3) is 0.207. The molecule has 5 nitrogen and oxygen atoms in total. The van der Waals surface area contributed by atoms with E-state index in [4.69, 9.17) is 4.98 Å². The first-order valence-corrected chi connectivity index (χ1v) is 12.7. The number of carbonyl (C=O) groups excluding carboxylic acids is 1. The highest BCUT2D eigenvalue weighted by atomic mass is 35.5. The summed E-state index contributed by atoms with van der Waals surface area (Å²) in [6.45, 7) is 5.61. The minimum Gasteiger partial charge on any atom is -0.337 e. The van der Waals surface area contributed by atoms with Gasteiger partial charge in [-0.1, -0.05) is 72.0 Å². The highest BCUT2D eigenvalue weighted by Crippen LogP contribution is 2.32. The number of amides is 1. The van der Waals surface area contributed by atoms with Gasteiger partial charge in [-0.25, -0.2) is 9.97 Å². The van der Waals surface area contributed by atoms with E-state index in [-0.39, 0.29) is 18.3 Å². The van der Waals surface area contributed by atoms with Gasteiger partial charge >= 0.3 is 0 Å². The Bertz CT molecular complexity index is 1430. The average Bonchev–Trinajstić information content (AvgIpc) is 3.55. The van der Waals surface area contributed by atoms with Crippen LogP contribution in [0.3, 0.4) is 0 Å². The second kappa shape index (κ2) is 11.5. The lowest BCUT2D eigenvalue weighted by Crippen LogP contribution is -2.33. The largest absolute Gasteiger partial charge is 0.337 e. The van der Waals surface area contributed by atoms with E-state index in [1.54, 1.807) is 17.5 Å². The van der Waals surface area contributed by atoms with Crippen LogP contribution in [0.25, 0.3) is 21.3 Å². The molecule has 0 radical (unpaired) electrons. The van der Waals surface area contributed by atoms with E-state index in [1.165, 1.54) is 16.7 Å². The molecule has 184 valence electrons. The maximum atomic E-state index is 13.6. The topological polar surface area (TPSA) is 51.0 Å². The maximum absolute atomic E-state index is 13.6. The molecule has 36 heavy (non-hydrogen) atoms. The SMILES string of the molecule is Cc1ccc2sc(N(CCCn3ccnc3)C(=O)Cc3ccc(-c4ccccc4)cc3)nc2c1C.Cl. The van der Waals surface area contributed by atoms with Gasteiger partial charge in [-0.2, -0.15) is 0 Å². The summed E-state index contributed by atoms with van der Waals surface area (Å²) in [6.07, 6.45) is 6.70. The van der Waals surface area contributed by atoms with Crippen molar-refractivity contribution in [3.8, 4) is 11.1 Å². The van der Waals surface area contributed by atoms with Gasteiger partial charge in [0.25, 0.3) is 0 Å². The van der Waals surface area contributed by atoms with Crippen molar-refractivity contribution in [3.63, 3.8) is 0 Å². The molecule has 2 heterocycles. The summed E-state index contributed by atoms with van der Waals surface area (Å²) in [5.41, 5.74) is 6.70. The van der Waals surface area contributed by atoms with E-state index >= 15 is 0 Å². The number of hydrogen-bond donors (Lipinski definition) is 0. The molecule has 3 aromatic carbocycles. The Balaban J connectivity index is 0.00000304. The first kappa shape index (κ1) is 25.6. The van der Waals surface area contributed by atoms with Crippen molar-refractivity contribution in [2.24, 2.45) is 0 Å². The number of anilines is 1. The van der Waals surface area contributed by atoms with Crippen LogP contribution >= 0.6 is 23.7 Å². The third kappa shape index (κ3) is 5.66. The second-order valence-electron chi connectivity index (χ2n) is 8.79. The summed E-state index contributed by atoms with van der Waals surface area (Å²) in [7, 11) is 0. The van der Waals surface area contributed by atoms with Gasteiger partial charge in [0.2, 0.25) is 5.91 Å². The zero-order valence-electron chi connectivity index (χ0n) is 20.4. The van der Waals surface area contributed by atoms with Crippen molar-refractivity contribution in [1.29, 1.82) is 0 Å². The van der Waals surface area contributed by atoms with Crippen LogP contribution in [0, 0.1) is 13.8 Å². The van der Waals surface area contributed by atoms with Crippen LogP contribution in [0.4, 0.5) is 5.13 Å². The molecular formula is C29H29ClN4OS. The Morgan fingerprint density at radius 1 is 0.972 bits per heavy atom. The maximum Gasteiger partial charge on any atom is 0.233 e. The van der Waals surface area contributed by atoms with Crippen molar-refractivity contribution in [2.45, 2.75) is 33.2 Å². The fourth-order valence-electron chi connectivity index (χ4n) is 4.20. The third-order valence-corrected chi connectivity index (χ3v) is 7.42. The van der Waals surface area contributed by atoms with E-state index in [1.807, 2.05) is 40.2 Å². The summed E-state index contributed by atoms with van der Waals surface area (Å²) in [4.78, 5) is 24.5. The van der Waals surface area contributed by atoms with Gasteiger partial charge in [0.05, 0.1) is 23.0 Å². The molecule has 0 saturated carbocycles. The first-order valence-electron chi connectivity index (χ1n) is 11.9. The van der Waals surface area contributed by atoms with Gasteiger partial charge in [-0.05, 0) is 54.2 Å². The van der Waals surface area contributed by atoms with Crippen LogP contribution in [-0.2, 0) is 17.8 Å².